The average Bonchev–Trinajstić information content (AvgIpc) is 2.14. The smallest absolute Gasteiger partial charge is 0.251 e. The van der Waals surface area contributed by atoms with Crippen LogP contribution in [0.3, 0.4) is 0 Å². The van der Waals surface area contributed by atoms with Crippen LogP contribution >= 0.6 is 15.9 Å². The molecule has 0 fully saturated rings. The molecule has 0 atom stereocenters. The summed E-state index contributed by atoms with van der Waals surface area (Å²) >= 11 is 3.28. The number of halogens is 3. The molecule has 0 unspecified atom stereocenters. The second kappa shape index (κ2) is 5.58. The molecule has 0 radical (unpaired) electrons. The number of hydrogen-bond donors (Lipinski definition) is 1. The quantitative estimate of drug-likeness (QED) is 0.850. The van der Waals surface area contributed by atoms with Gasteiger partial charge >= 0.3 is 0 Å². The van der Waals surface area contributed by atoms with E-state index in [0.29, 0.717) is 0 Å². The highest BCUT2D eigenvalue weighted by atomic mass is 79.9. The lowest BCUT2D eigenvalue weighted by atomic mass is 10.0. The fourth-order valence-corrected chi connectivity index (χ4v) is 2.35. The fourth-order valence-electron chi connectivity index (χ4n) is 1.36. The summed E-state index contributed by atoms with van der Waals surface area (Å²) in [7, 11) is 0. The highest BCUT2D eigenvalue weighted by Gasteiger charge is 2.20. The molecule has 1 amide bonds. The highest BCUT2D eigenvalue weighted by molar-refractivity contribution is 9.09. The Hall–Kier alpha value is -0.970. The maximum Gasteiger partial charge on any atom is 0.251 e. The van der Waals surface area contributed by atoms with Crippen molar-refractivity contribution in [2.75, 3.05) is 5.33 Å². The summed E-state index contributed by atoms with van der Waals surface area (Å²) < 4.78 is 25.9. The fraction of sp³-hybridized carbons (Fsp3) is 0.417. The molecule has 17 heavy (non-hydrogen) atoms. The van der Waals surface area contributed by atoms with E-state index in [1.54, 1.807) is 0 Å². The van der Waals surface area contributed by atoms with E-state index in [0.717, 1.165) is 30.0 Å². The maximum absolute atomic E-state index is 12.9. The van der Waals surface area contributed by atoms with E-state index >= 15 is 0 Å². The predicted octanol–water partition coefficient (Wildman–Crippen LogP) is 3.26. The van der Waals surface area contributed by atoms with Gasteiger partial charge in [0.25, 0.3) is 5.91 Å². The van der Waals surface area contributed by atoms with Gasteiger partial charge in [-0.1, -0.05) is 15.9 Å². The average molecular weight is 306 g/mol. The summed E-state index contributed by atoms with van der Waals surface area (Å²) in [6.45, 7) is 3.70. The molecule has 94 valence electrons. The van der Waals surface area contributed by atoms with Crippen molar-refractivity contribution in [1.29, 1.82) is 0 Å². The summed E-state index contributed by atoms with van der Waals surface area (Å²) in [6, 6.07) is 2.77. The van der Waals surface area contributed by atoms with Gasteiger partial charge in [-0.3, -0.25) is 4.79 Å². The van der Waals surface area contributed by atoms with Crippen molar-refractivity contribution in [3.63, 3.8) is 0 Å². The van der Waals surface area contributed by atoms with E-state index < -0.39 is 23.1 Å². The number of carbonyl (C=O) groups excluding carboxylic acids is 1. The first-order valence-electron chi connectivity index (χ1n) is 5.18. The largest absolute Gasteiger partial charge is 0.347 e. The normalized spacial score (nSPS) is 11.4. The first kappa shape index (κ1) is 14.1. The molecule has 0 saturated heterocycles. The number of alkyl halides is 1. The molecule has 1 N–H and O–H groups in total. The summed E-state index contributed by atoms with van der Waals surface area (Å²) in [5.74, 6) is -1.99. The van der Waals surface area contributed by atoms with E-state index in [4.69, 9.17) is 0 Å². The molecule has 0 bridgehead atoms. The van der Waals surface area contributed by atoms with E-state index in [1.165, 1.54) is 0 Å². The zero-order valence-electron chi connectivity index (χ0n) is 9.69. The number of hydrogen-bond acceptors (Lipinski definition) is 1. The van der Waals surface area contributed by atoms with Gasteiger partial charge in [0.05, 0.1) is 0 Å². The molecular weight excluding hydrogens is 292 g/mol. The molecule has 1 aromatic rings. The molecule has 0 aliphatic rings. The van der Waals surface area contributed by atoms with Crippen LogP contribution in [-0.4, -0.2) is 16.8 Å². The van der Waals surface area contributed by atoms with Crippen LogP contribution in [0.5, 0.6) is 0 Å². The third kappa shape index (κ3) is 4.42. The van der Waals surface area contributed by atoms with Crippen molar-refractivity contribution in [3.8, 4) is 0 Å². The number of rotatable bonds is 4. The zero-order valence-corrected chi connectivity index (χ0v) is 11.3. The predicted molar refractivity (Wildman–Crippen MR) is 66.3 cm³/mol. The minimum Gasteiger partial charge on any atom is -0.347 e. The van der Waals surface area contributed by atoms with Crippen LogP contribution in [0.1, 0.15) is 30.6 Å². The number of benzene rings is 1. The van der Waals surface area contributed by atoms with Gasteiger partial charge < -0.3 is 5.32 Å². The molecule has 1 rings (SSSR count). The molecule has 0 aliphatic carbocycles. The lowest BCUT2D eigenvalue weighted by Gasteiger charge is -2.25. The Balaban J connectivity index is 2.83. The Kier molecular flexibility index (Phi) is 4.62. The lowest BCUT2D eigenvalue weighted by molar-refractivity contribution is 0.0911. The van der Waals surface area contributed by atoms with Crippen LogP contribution in [0.4, 0.5) is 8.78 Å². The Morgan fingerprint density at radius 3 is 2.29 bits per heavy atom. The van der Waals surface area contributed by atoms with Gasteiger partial charge in [0, 0.05) is 22.5 Å². The third-order valence-corrected chi connectivity index (χ3v) is 2.69. The Labute approximate surface area is 108 Å². The first-order chi connectivity index (χ1) is 7.84. The summed E-state index contributed by atoms with van der Waals surface area (Å²) in [5.41, 5.74) is -0.436. The number of amides is 1. The van der Waals surface area contributed by atoms with Gasteiger partial charge in [0.2, 0.25) is 0 Å². The highest BCUT2D eigenvalue weighted by Crippen LogP contribution is 2.13. The monoisotopic (exact) mass is 305 g/mol. The van der Waals surface area contributed by atoms with Crippen LogP contribution in [0.15, 0.2) is 18.2 Å². The molecule has 0 heterocycles. The molecule has 0 aliphatic heterocycles. The van der Waals surface area contributed by atoms with Crippen molar-refractivity contribution < 1.29 is 13.6 Å². The Morgan fingerprint density at radius 2 is 1.82 bits per heavy atom. The molecule has 0 aromatic heterocycles. The van der Waals surface area contributed by atoms with Crippen molar-refractivity contribution in [2.24, 2.45) is 0 Å². The van der Waals surface area contributed by atoms with Crippen molar-refractivity contribution in [3.05, 3.63) is 35.4 Å². The second-order valence-corrected chi connectivity index (χ2v) is 5.23. The van der Waals surface area contributed by atoms with Gasteiger partial charge in [-0.15, -0.1) is 0 Å². The van der Waals surface area contributed by atoms with Gasteiger partial charge in [-0.2, -0.15) is 0 Å². The van der Waals surface area contributed by atoms with Gasteiger partial charge in [-0.05, 0) is 32.4 Å². The topological polar surface area (TPSA) is 29.1 Å². The minimum atomic E-state index is -0.756. The van der Waals surface area contributed by atoms with E-state index in [2.05, 4.69) is 21.2 Å². The van der Waals surface area contributed by atoms with Crippen LogP contribution < -0.4 is 5.32 Å². The molecule has 1 aromatic carbocycles. The first-order valence-corrected chi connectivity index (χ1v) is 6.31. The molecule has 0 spiro atoms. The van der Waals surface area contributed by atoms with Crippen LogP contribution in [0.25, 0.3) is 0 Å². The molecular formula is C12H14BrF2NO. The van der Waals surface area contributed by atoms with Crippen molar-refractivity contribution >= 4 is 21.8 Å². The second-order valence-electron chi connectivity index (χ2n) is 4.44. The maximum atomic E-state index is 12.9. The SMILES string of the molecule is CC(C)(CCBr)NC(=O)c1cc(F)cc(F)c1. The van der Waals surface area contributed by atoms with Gasteiger partial charge in [0.15, 0.2) is 0 Å². The summed E-state index contributed by atoms with van der Waals surface area (Å²) in [5, 5.41) is 3.46. The summed E-state index contributed by atoms with van der Waals surface area (Å²) in [6.07, 6.45) is 0.719. The van der Waals surface area contributed by atoms with E-state index in [1.807, 2.05) is 13.8 Å². The van der Waals surface area contributed by atoms with Crippen molar-refractivity contribution in [2.45, 2.75) is 25.8 Å². The third-order valence-electron chi connectivity index (χ3n) is 2.30. The molecule has 5 heteroatoms. The molecule has 0 saturated carbocycles. The molecule has 2 nitrogen and oxygen atoms in total. The number of carbonyl (C=O) groups is 1. The van der Waals surface area contributed by atoms with Crippen LogP contribution in [0, 0.1) is 11.6 Å². The van der Waals surface area contributed by atoms with Gasteiger partial charge in [0.1, 0.15) is 11.6 Å². The number of nitrogens with one attached hydrogen (secondary N) is 1. The van der Waals surface area contributed by atoms with E-state index in [-0.39, 0.29) is 5.56 Å². The van der Waals surface area contributed by atoms with E-state index in [9.17, 15) is 13.6 Å². The summed E-state index contributed by atoms with van der Waals surface area (Å²) in [4.78, 5) is 11.8. The lowest BCUT2D eigenvalue weighted by Crippen LogP contribution is -2.43. The van der Waals surface area contributed by atoms with Crippen LogP contribution in [0.2, 0.25) is 0 Å². The van der Waals surface area contributed by atoms with Crippen molar-refractivity contribution in [1.82, 2.24) is 5.32 Å². The Morgan fingerprint density at radius 1 is 1.29 bits per heavy atom. The van der Waals surface area contributed by atoms with Crippen LogP contribution in [-0.2, 0) is 0 Å². The minimum absolute atomic E-state index is 0.00912. The zero-order chi connectivity index (χ0) is 13.1. The van der Waals surface area contributed by atoms with Gasteiger partial charge in [-0.25, -0.2) is 8.78 Å². The Bertz CT molecular complexity index is 401. The standard InChI is InChI=1S/C12H14BrF2NO/c1-12(2,3-4-13)16-11(17)8-5-9(14)7-10(15)6-8/h5-7H,3-4H2,1-2H3,(H,16,17).